The van der Waals surface area contributed by atoms with Crippen molar-refractivity contribution in [3.63, 3.8) is 0 Å². The summed E-state index contributed by atoms with van der Waals surface area (Å²) >= 11 is 0. The third kappa shape index (κ3) is 5.59. The van der Waals surface area contributed by atoms with Gasteiger partial charge in [0, 0.05) is 35.5 Å². The topological polar surface area (TPSA) is 54.8 Å². The zero-order valence-corrected chi connectivity index (χ0v) is 24.3. The molecule has 1 fully saturated rings. The predicted octanol–water partition coefficient (Wildman–Crippen LogP) is 7.94. The number of aryl methyl sites for hydroxylation is 1. The highest BCUT2D eigenvalue weighted by molar-refractivity contribution is 5.96. The van der Waals surface area contributed by atoms with Gasteiger partial charge in [-0.2, -0.15) is 0 Å². The molecule has 3 atom stereocenters. The number of rotatable bonds is 7. The van der Waals surface area contributed by atoms with E-state index in [4.69, 9.17) is 9.47 Å². The van der Waals surface area contributed by atoms with Crippen LogP contribution in [0.5, 0.6) is 17.2 Å². The number of allylic oxidation sites excluding steroid dienone is 1. The summed E-state index contributed by atoms with van der Waals surface area (Å²) < 4.78 is 12.9. The number of benzene rings is 3. The molecular formula is C36H38N2O3. The molecule has 0 bridgehead atoms. The highest BCUT2D eigenvalue weighted by atomic mass is 16.5. The zero-order valence-electron chi connectivity index (χ0n) is 24.3. The fraction of sp³-hybridized carbons (Fsp3) is 0.306. The van der Waals surface area contributed by atoms with E-state index >= 15 is 0 Å². The van der Waals surface area contributed by atoms with Crippen LogP contribution < -0.4 is 9.47 Å². The first-order valence-corrected chi connectivity index (χ1v) is 14.6. The molecule has 2 aliphatic heterocycles. The molecule has 5 nitrogen and oxygen atoms in total. The Morgan fingerprint density at radius 2 is 1.83 bits per heavy atom. The second kappa shape index (κ2) is 11.4. The van der Waals surface area contributed by atoms with E-state index in [1.165, 1.54) is 6.42 Å². The van der Waals surface area contributed by atoms with E-state index in [9.17, 15) is 5.11 Å². The summed E-state index contributed by atoms with van der Waals surface area (Å²) in [6, 6.07) is 26.4. The van der Waals surface area contributed by atoms with Crippen molar-refractivity contribution in [3.8, 4) is 28.5 Å². The van der Waals surface area contributed by atoms with Crippen LogP contribution in [0.1, 0.15) is 55.5 Å². The van der Waals surface area contributed by atoms with Crippen LogP contribution in [-0.4, -0.2) is 40.7 Å². The summed E-state index contributed by atoms with van der Waals surface area (Å²) in [6.45, 7) is 11.8. The lowest BCUT2D eigenvalue weighted by Crippen LogP contribution is -2.35. The average molecular weight is 547 g/mol. The first-order valence-electron chi connectivity index (χ1n) is 14.6. The lowest BCUT2D eigenvalue weighted by atomic mass is 9.85. The minimum Gasteiger partial charge on any atom is -0.508 e. The molecule has 3 heterocycles. The van der Waals surface area contributed by atoms with Gasteiger partial charge in [0.15, 0.2) is 0 Å². The second-order valence-electron chi connectivity index (χ2n) is 11.6. The Morgan fingerprint density at radius 3 is 2.56 bits per heavy atom. The van der Waals surface area contributed by atoms with E-state index in [-0.39, 0.29) is 11.9 Å². The maximum atomic E-state index is 10.3. The number of aromatic nitrogens is 1. The van der Waals surface area contributed by atoms with Crippen molar-refractivity contribution in [2.75, 3.05) is 19.7 Å². The zero-order chi connectivity index (χ0) is 28.5. The van der Waals surface area contributed by atoms with Gasteiger partial charge in [-0.15, -0.1) is 0 Å². The van der Waals surface area contributed by atoms with Gasteiger partial charge in [-0.3, -0.25) is 9.88 Å². The number of phenolic OH excluding ortho intramolecular Hbond substituents is 1. The lowest BCUT2D eigenvalue weighted by Gasteiger charge is -2.31. The van der Waals surface area contributed by atoms with Crippen LogP contribution in [0.4, 0.5) is 0 Å². The highest BCUT2D eigenvalue weighted by Crippen LogP contribution is 2.48. The number of fused-ring (bicyclic) bond motifs is 1. The number of ether oxygens (including phenoxy) is 2. The Balaban J connectivity index is 1.31. The summed E-state index contributed by atoms with van der Waals surface area (Å²) in [7, 11) is 0. The Bertz CT molecular complexity index is 1580. The van der Waals surface area contributed by atoms with E-state index in [1.807, 2.05) is 48.7 Å². The Hall–Kier alpha value is -4.09. The van der Waals surface area contributed by atoms with Gasteiger partial charge in [0.2, 0.25) is 0 Å². The van der Waals surface area contributed by atoms with Crippen LogP contribution >= 0.6 is 0 Å². The molecule has 0 saturated carbocycles. The first kappa shape index (κ1) is 27.1. The third-order valence-electron chi connectivity index (χ3n) is 8.49. The van der Waals surface area contributed by atoms with Crippen LogP contribution in [0.25, 0.3) is 22.4 Å². The van der Waals surface area contributed by atoms with Crippen LogP contribution in [0, 0.1) is 12.8 Å². The molecule has 4 aromatic rings. The maximum absolute atomic E-state index is 10.3. The Labute approximate surface area is 243 Å². The first-order chi connectivity index (χ1) is 19.9. The normalized spacial score (nSPS) is 19.5. The second-order valence-corrected chi connectivity index (χ2v) is 11.6. The van der Waals surface area contributed by atoms with Gasteiger partial charge in [-0.25, -0.2) is 0 Å². The number of hydrogen-bond donors (Lipinski definition) is 1. The third-order valence-corrected chi connectivity index (χ3v) is 8.49. The molecule has 41 heavy (non-hydrogen) atoms. The molecule has 1 N–H and O–H groups in total. The molecule has 1 aromatic heterocycles. The number of nitrogens with zero attached hydrogens (tertiary/aromatic N) is 2. The van der Waals surface area contributed by atoms with E-state index in [2.05, 4.69) is 67.9 Å². The smallest absolute Gasteiger partial charge is 0.150 e. The van der Waals surface area contributed by atoms with Gasteiger partial charge < -0.3 is 14.6 Å². The quantitative estimate of drug-likeness (QED) is 0.255. The minimum atomic E-state index is -0.328. The van der Waals surface area contributed by atoms with Gasteiger partial charge in [-0.05, 0) is 110 Å². The average Bonchev–Trinajstić information content (AvgIpc) is 3.42. The van der Waals surface area contributed by atoms with Crippen LogP contribution in [0.2, 0.25) is 0 Å². The molecular weight excluding hydrogens is 508 g/mol. The number of aromatic hydroxyl groups is 1. The summed E-state index contributed by atoms with van der Waals surface area (Å²) in [6.07, 6.45) is 2.77. The molecule has 3 unspecified atom stereocenters. The van der Waals surface area contributed by atoms with Crippen molar-refractivity contribution in [2.24, 2.45) is 5.92 Å². The molecule has 2 aliphatic rings. The summed E-state index contributed by atoms with van der Waals surface area (Å²) in [4.78, 5) is 7.14. The predicted molar refractivity (Wildman–Crippen MR) is 165 cm³/mol. The highest BCUT2D eigenvalue weighted by Gasteiger charge is 2.30. The van der Waals surface area contributed by atoms with Gasteiger partial charge in [-0.1, -0.05) is 37.3 Å². The minimum absolute atomic E-state index is 0.232. The van der Waals surface area contributed by atoms with Gasteiger partial charge >= 0.3 is 0 Å². The van der Waals surface area contributed by atoms with Crippen molar-refractivity contribution in [3.05, 3.63) is 107 Å². The van der Waals surface area contributed by atoms with Crippen molar-refractivity contribution in [2.45, 2.75) is 46.3 Å². The van der Waals surface area contributed by atoms with Crippen molar-refractivity contribution in [1.29, 1.82) is 0 Å². The van der Waals surface area contributed by atoms with E-state index in [0.29, 0.717) is 12.6 Å². The Morgan fingerprint density at radius 1 is 1.00 bits per heavy atom. The molecule has 3 aromatic carbocycles. The maximum Gasteiger partial charge on any atom is 0.150 e. The number of phenols is 1. The molecule has 0 aliphatic carbocycles. The molecule has 1 saturated heterocycles. The monoisotopic (exact) mass is 546 g/mol. The van der Waals surface area contributed by atoms with Crippen LogP contribution in [-0.2, 0) is 0 Å². The fourth-order valence-electron chi connectivity index (χ4n) is 6.10. The fourth-order valence-corrected chi connectivity index (χ4v) is 6.10. The number of likely N-dealkylation sites (tertiary alicyclic amines) is 1. The molecule has 0 spiro atoms. The molecule has 0 amide bonds. The van der Waals surface area contributed by atoms with E-state index in [0.717, 1.165) is 75.2 Å². The van der Waals surface area contributed by atoms with Gasteiger partial charge in [0.05, 0.1) is 5.69 Å². The SMILES string of the molecule is CC1=C(c2cccc(O)c2)C(c2ccc(OCC(C)N3CCC(C)C3)cc2)Oc2ccc(-c3ncccc3C)cc21. The Kier molecular flexibility index (Phi) is 7.55. The van der Waals surface area contributed by atoms with E-state index in [1.54, 1.807) is 6.07 Å². The van der Waals surface area contributed by atoms with E-state index < -0.39 is 0 Å². The van der Waals surface area contributed by atoms with Gasteiger partial charge in [0.25, 0.3) is 0 Å². The number of pyridine rings is 1. The number of hydrogen-bond acceptors (Lipinski definition) is 5. The van der Waals surface area contributed by atoms with Crippen LogP contribution in [0.15, 0.2) is 85.1 Å². The van der Waals surface area contributed by atoms with Crippen molar-refractivity contribution < 1.29 is 14.6 Å². The molecule has 210 valence electrons. The van der Waals surface area contributed by atoms with Crippen LogP contribution in [0.3, 0.4) is 0 Å². The molecule has 0 radical (unpaired) electrons. The van der Waals surface area contributed by atoms with Crippen molar-refractivity contribution in [1.82, 2.24) is 9.88 Å². The summed E-state index contributed by atoms with van der Waals surface area (Å²) in [5.41, 5.74) is 8.31. The largest absolute Gasteiger partial charge is 0.508 e. The summed E-state index contributed by atoms with van der Waals surface area (Å²) in [5.74, 6) is 2.69. The van der Waals surface area contributed by atoms with Crippen molar-refractivity contribution >= 4 is 11.1 Å². The molecule has 6 rings (SSSR count). The molecule has 5 heteroatoms. The standard InChI is InChI=1S/C36H38N2O3/c1-23-16-18-38(21-23)25(3)22-40-31-13-10-27(11-14-31)36-34(28-8-5-9-30(39)19-28)26(4)32-20-29(12-15-33(32)41-36)35-24(2)7-6-17-37-35/h5-15,17,19-20,23,25,36,39H,16,18,21-22H2,1-4H3. The summed E-state index contributed by atoms with van der Waals surface area (Å²) in [5, 5.41) is 10.3. The van der Waals surface area contributed by atoms with Gasteiger partial charge in [0.1, 0.15) is 30.0 Å². The lowest BCUT2D eigenvalue weighted by molar-refractivity contribution is 0.169.